The molecule has 1 saturated heterocycles. The summed E-state index contributed by atoms with van der Waals surface area (Å²) < 4.78 is 10.4. The number of piperidine rings is 1. The topological polar surface area (TPSA) is 80.0 Å². The molecule has 116 valence electrons. The summed E-state index contributed by atoms with van der Waals surface area (Å²) in [5, 5.41) is 8.74. The van der Waals surface area contributed by atoms with E-state index in [1.165, 1.54) is 0 Å². The van der Waals surface area contributed by atoms with Gasteiger partial charge in [0.15, 0.2) is 5.76 Å². The van der Waals surface area contributed by atoms with Crippen molar-refractivity contribution in [1.29, 1.82) is 0 Å². The lowest BCUT2D eigenvalue weighted by atomic mass is 9.93. The first-order valence-corrected chi connectivity index (χ1v) is 7.19. The number of carbonyl (C=O) groups excluding carboxylic acids is 1. The van der Waals surface area contributed by atoms with Crippen LogP contribution in [0.25, 0.3) is 0 Å². The molecule has 1 aliphatic rings. The van der Waals surface area contributed by atoms with Crippen LogP contribution in [-0.4, -0.2) is 42.1 Å². The van der Waals surface area contributed by atoms with Gasteiger partial charge < -0.3 is 19.2 Å². The van der Waals surface area contributed by atoms with E-state index in [0.29, 0.717) is 37.6 Å². The summed E-state index contributed by atoms with van der Waals surface area (Å²) in [4.78, 5) is 24.8. The van der Waals surface area contributed by atoms with Crippen molar-refractivity contribution in [1.82, 2.24) is 4.90 Å². The fourth-order valence-corrected chi connectivity index (χ4v) is 2.68. The molecule has 0 aliphatic carbocycles. The molecule has 0 spiro atoms. The fourth-order valence-electron chi connectivity index (χ4n) is 2.68. The molecule has 0 aromatic carbocycles. The molecule has 1 aromatic rings. The van der Waals surface area contributed by atoms with Crippen molar-refractivity contribution in [2.45, 2.75) is 32.3 Å². The summed E-state index contributed by atoms with van der Waals surface area (Å²) in [6.45, 7) is 1.64. The van der Waals surface area contributed by atoms with E-state index in [1.807, 2.05) is 0 Å². The van der Waals surface area contributed by atoms with Crippen molar-refractivity contribution >= 4 is 11.9 Å². The monoisotopic (exact) mass is 295 g/mol. The van der Waals surface area contributed by atoms with Gasteiger partial charge in [0.1, 0.15) is 12.4 Å². The van der Waals surface area contributed by atoms with Crippen molar-refractivity contribution in [2.75, 3.05) is 20.2 Å². The number of hydrogen-bond donors (Lipinski definition) is 1. The number of carboxylic acids is 1. The highest BCUT2D eigenvalue weighted by Gasteiger charge is 2.26. The largest absolute Gasteiger partial charge is 0.481 e. The molecule has 2 heterocycles. The lowest BCUT2D eigenvalue weighted by Gasteiger charge is -2.32. The third kappa shape index (κ3) is 4.32. The van der Waals surface area contributed by atoms with Crippen molar-refractivity contribution in [3.05, 3.63) is 23.7 Å². The average Bonchev–Trinajstić information content (AvgIpc) is 2.94. The Hall–Kier alpha value is -1.82. The minimum atomic E-state index is -0.784. The number of likely N-dealkylation sites (tertiary alicyclic amines) is 1. The van der Waals surface area contributed by atoms with Gasteiger partial charge in [-0.05, 0) is 37.3 Å². The number of aliphatic carboxylic acids is 1. The van der Waals surface area contributed by atoms with Crippen LogP contribution >= 0.6 is 0 Å². The molecule has 21 heavy (non-hydrogen) atoms. The second-order valence-corrected chi connectivity index (χ2v) is 5.39. The number of carboxylic acid groups (broad SMARTS) is 1. The van der Waals surface area contributed by atoms with Crippen LogP contribution in [0.1, 0.15) is 42.0 Å². The Kier molecular flexibility index (Phi) is 5.38. The Bertz CT molecular complexity index is 496. The normalized spacial score (nSPS) is 18.7. The first-order valence-electron chi connectivity index (χ1n) is 7.19. The van der Waals surface area contributed by atoms with Gasteiger partial charge in [-0.1, -0.05) is 0 Å². The van der Waals surface area contributed by atoms with Crippen LogP contribution in [-0.2, 0) is 16.1 Å². The maximum absolute atomic E-state index is 12.4. The quantitative estimate of drug-likeness (QED) is 0.869. The van der Waals surface area contributed by atoms with Crippen molar-refractivity contribution in [2.24, 2.45) is 5.92 Å². The summed E-state index contributed by atoms with van der Waals surface area (Å²) in [5.74, 6) is 0.291. The van der Waals surface area contributed by atoms with Gasteiger partial charge in [-0.25, -0.2) is 0 Å². The molecule has 1 unspecified atom stereocenters. The maximum Gasteiger partial charge on any atom is 0.303 e. The van der Waals surface area contributed by atoms with E-state index in [2.05, 4.69) is 0 Å². The van der Waals surface area contributed by atoms with E-state index in [1.54, 1.807) is 24.1 Å². The summed E-state index contributed by atoms with van der Waals surface area (Å²) in [7, 11) is 1.57. The van der Waals surface area contributed by atoms with Crippen molar-refractivity contribution < 1.29 is 23.8 Å². The molecule has 6 heteroatoms. The van der Waals surface area contributed by atoms with Gasteiger partial charge in [-0.2, -0.15) is 0 Å². The summed E-state index contributed by atoms with van der Waals surface area (Å²) in [6.07, 6.45) is 2.66. The van der Waals surface area contributed by atoms with Gasteiger partial charge in [0.25, 0.3) is 5.91 Å². The molecule has 1 aromatic heterocycles. The zero-order chi connectivity index (χ0) is 15.2. The van der Waals surface area contributed by atoms with Crippen LogP contribution in [0, 0.1) is 5.92 Å². The molecule has 1 N–H and O–H groups in total. The molecule has 1 fully saturated rings. The number of nitrogens with zero attached hydrogens (tertiary/aromatic N) is 1. The van der Waals surface area contributed by atoms with Crippen LogP contribution < -0.4 is 0 Å². The number of rotatable bonds is 6. The standard InChI is InChI=1S/C15H21NO5/c1-20-10-12-5-6-13(21-12)15(19)16-8-2-3-11(9-16)4-7-14(17)18/h5-6,11H,2-4,7-10H2,1H3,(H,17,18). The fraction of sp³-hybridized carbons (Fsp3) is 0.600. The Balaban J connectivity index is 1.93. The Morgan fingerprint density at radius 3 is 3.00 bits per heavy atom. The minimum absolute atomic E-state index is 0.127. The Morgan fingerprint density at radius 1 is 1.48 bits per heavy atom. The van der Waals surface area contributed by atoms with Gasteiger partial charge in [-0.3, -0.25) is 9.59 Å². The van der Waals surface area contributed by atoms with Crippen LogP contribution in [0.2, 0.25) is 0 Å². The molecular weight excluding hydrogens is 274 g/mol. The molecule has 0 saturated carbocycles. The van der Waals surface area contributed by atoms with E-state index in [-0.39, 0.29) is 18.2 Å². The molecule has 2 rings (SSSR count). The first-order chi connectivity index (χ1) is 10.1. The highest BCUT2D eigenvalue weighted by atomic mass is 16.5. The van der Waals surface area contributed by atoms with E-state index in [4.69, 9.17) is 14.3 Å². The molecular formula is C15H21NO5. The second-order valence-electron chi connectivity index (χ2n) is 5.39. The van der Waals surface area contributed by atoms with Crippen LogP contribution in [0.5, 0.6) is 0 Å². The third-order valence-electron chi connectivity index (χ3n) is 3.73. The molecule has 0 radical (unpaired) electrons. The number of ether oxygens (including phenoxy) is 1. The lowest BCUT2D eigenvalue weighted by Crippen LogP contribution is -2.39. The Morgan fingerprint density at radius 2 is 2.29 bits per heavy atom. The lowest BCUT2D eigenvalue weighted by molar-refractivity contribution is -0.137. The highest BCUT2D eigenvalue weighted by molar-refractivity contribution is 5.91. The second kappa shape index (κ2) is 7.26. The highest BCUT2D eigenvalue weighted by Crippen LogP contribution is 2.23. The molecule has 6 nitrogen and oxygen atoms in total. The summed E-state index contributed by atoms with van der Waals surface area (Å²) in [5.41, 5.74) is 0. The van der Waals surface area contributed by atoms with Gasteiger partial charge in [-0.15, -0.1) is 0 Å². The molecule has 1 aliphatic heterocycles. The predicted octanol–water partition coefficient (Wildman–Crippen LogP) is 2.14. The van der Waals surface area contributed by atoms with Gasteiger partial charge in [0, 0.05) is 26.6 Å². The van der Waals surface area contributed by atoms with Gasteiger partial charge >= 0.3 is 5.97 Å². The average molecular weight is 295 g/mol. The summed E-state index contributed by atoms with van der Waals surface area (Å²) in [6, 6.07) is 3.40. The SMILES string of the molecule is COCc1ccc(C(=O)N2CCCC(CCC(=O)O)C2)o1. The number of furan rings is 1. The van der Waals surface area contributed by atoms with Crippen LogP contribution in [0.15, 0.2) is 16.5 Å². The zero-order valence-corrected chi connectivity index (χ0v) is 12.2. The van der Waals surface area contributed by atoms with Crippen molar-refractivity contribution in [3.8, 4) is 0 Å². The predicted molar refractivity (Wildman–Crippen MR) is 74.9 cm³/mol. The van der Waals surface area contributed by atoms with E-state index < -0.39 is 5.97 Å². The molecule has 0 bridgehead atoms. The number of amides is 1. The van der Waals surface area contributed by atoms with Gasteiger partial charge in [0.2, 0.25) is 0 Å². The number of carbonyl (C=O) groups is 2. The van der Waals surface area contributed by atoms with Crippen LogP contribution in [0.3, 0.4) is 0 Å². The Labute approximate surface area is 123 Å². The first kappa shape index (κ1) is 15.6. The maximum atomic E-state index is 12.4. The van der Waals surface area contributed by atoms with E-state index in [0.717, 1.165) is 12.8 Å². The molecule has 1 atom stereocenters. The smallest absolute Gasteiger partial charge is 0.303 e. The van der Waals surface area contributed by atoms with Crippen molar-refractivity contribution in [3.63, 3.8) is 0 Å². The molecule has 1 amide bonds. The van der Waals surface area contributed by atoms with E-state index in [9.17, 15) is 9.59 Å². The summed E-state index contributed by atoms with van der Waals surface area (Å²) >= 11 is 0. The minimum Gasteiger partial charge on any atom is -0.481 e. The number of hydrogen-bond acceptors (Lipinski definition) is 4. The number of methoxy groups -OCH3 is 1. The third-order valence-corrected chi connectivity index (χ3v) is 3.73. The van der Waals surface area contributed by atoms with Crippen LogP contribution in [0.4, 0.5) is 0 Å². The van der Waals surface area contributed by atoms with Gasteiger partial charge in [0.05, 0.1) is 0 Å². The van der Waals surface area contributed by atoms with E-state index >= 15 is 0 Å². The zero-order valence-electron chi connectivity index (χ0n) is 12.2.